The molecule has 2 aliphatic rings. The summed E-state index contributed by atoms with van der Waals surface area (Å²) in [4.78, 5) is 11.3. The fourth-order valence-corrected chi connectivity index (χ4v) is 6.45. The highest BCUT2D eigenvalue weighted by Crippen LogP contribution is 2.53. The van der Waals surface area contributed by atoms with E-state index in [4.69, 9.17) is 9.47 Å². The Morgan fingerprint density at radius 3 is 2.79 bits per heavy atom. The first-order valence-corrected chi connectivity index (χ1v) is 13.8. The number of hydrogen-bond donors (Lipinski definition) is 1. The zero-order valence-electron chi connectivity index (χ0n) is 19.0. The van der Waals surface area contributed by atoms with Gasteiger partial charge in [-0.05, 0) is 73.1 Å². The minimum absolute atomic E-state index is 0.0128. The Bertz CT molecular complexity index is 924. The van der Waals surface area contributed by atoms with Gasteiger partial charge in [-0.1, -0.05) is 58.4 Å². The van der Waals surface area contributed by atoms with Gasteiger partial charge in [0.2, 0.25) is 0 Å². The monoisotopic (exact) mass is 532 g/mol. The van der Waals surface area contributed by atoms with Crippen molar-refractivity contribution in [1.82, 2.24) is 0 Å². The second-order valence-corrected chi connectivity index (χ2v) is 11.4. The van der Waals surface area contributed by atoms with Crippen molar-refractivity contribution in [2.24, 2.45) is 5.41 Å². The van der Waals surface area contributed by atoms with Crippen LogP contribution in [-0.2, 0) is 27.3 Å². The molecule has 2 atom stereocenters. The molecule has 0 radical (unpaired) electrons. The number of thioether (sulfide) groups is 1. The summed E-state index contributed by atoms with van der Waals surface area (Å²) in [6.45, 7) is 1.35. The average molecular weight is 534 g/mol. The van der Waals surface area contributed by atoms with Crippen LogP contribution in [0.4, 0.5) is 0 Å². The van der Waals surface area contributed by atoms with Crippen LogP contribution < -0.4 is 0 Å². The van der Waals surface area contributed by atoms with Gasteiger partial charge >= 0.3 is 5.97 Å². The van der Waals surface area contributed by atoms with E-state index in [-0.39, 0.29) is 18.1 Å². The summed E-state index contributed by atoms with van der Waals surface area (Å²) in [5.41, 5.74) is 3.76. The van der Waals surface area contributed by atoms with Crippen molar-refractivity contribution in [3.05, 3.63) is 69.7 Å². The first-order chi connectivity index (χ1) is 16.0. The quantitative estimate of drug-likeness (QED) is 0.314. The zero-order chi connectivity index (χ0) is 23.1. The predicted octanol–water partition coefficient (Wildman–Crippen LogP) is 7.15. The first-order valence-electron chi connectivity index (χ1n) is 11.9. The van der Waals surface area contributed by atoms with E-state index in [1.165, 1.54) is 16.7 Å². The smallest absolute Gasteiger partial charge is 0.303 e. The minimum Gasteiger partial charge on any atom is -0.481 e. The summed E-state index contributed by atoms with van der Waals surface area (Å²) in [6.07, 6.45) is 7.48. The molecule has 0 aromatic heterocycles. The lowest BCUT2D eigenvalue weighted by Crippen LogP contribution is -2.22. The molecule has 0 bridgehead atoms. The number of halogens is 1. The van der Waals surface area contributed by atoms with Crippen molar-refractivity contribution in [1.29, 1.82) is 0 Å². The van der Waals surface area contributed by atoms with Gasteiger partial charge in [-0.25, -0.2) is 0 Å². The third kappa shape index (κ3) is 7.57. The number of benzene rings is 2. The summed E-state index contributed by atoms with van der Waals surface area (Å²) in [6, 6.07) is 17.1. The fourth-order valence-electron chi connectivity index (χ4n) is 4.40. The van der Waals surface area contributed by atoms with Crippen LogP contribution in [0.2, 0.25) is 0 Å². The third-order valence-corrected chi connectivity index (χ3v) is 9.07. The SMILES string of the molecule is O=C(O)CC1(CSC(CCc2ccccc2Br)c2cccc(COC3CCCCO3)c2)CC1. The Hall–Kier alpha value is -1.34. The highest BCUT2D eigenvalue weighted by molar-refractivity contribution is 9.10. The molecule has 0 spiro atoms. The molecule has 1 saturated carbocycles. The molecule has 1 N–H and O–H groups in total. The fraction of sp³-hybridized carbons (Fsp3) is 0.519. The van der Waals surface area contributed by atoms with Crippen LogP contribution in [0.1, 0.15) is 66.9 Å². The summed E-state index contributed by atoms with van der Waals surface area (Å²) in [7, 11) is 0. The van der Waals surface area contributed by atoms with Crippen molar-refractivity contribution in [3.63, 3.8) is 0 Å². The van der Waals surface area contributed by atoms with Gasteiger partial charge in [-0.3, -0.25) is 4.79 Å². The Balaban J connectivity index is 1.43. The Morgan fingerprint density at radius 1 is 1.21 bits per heavy atom. The normalized spacial score (nSPS) is 20.3. The maximum Gasteiger partial charge on any atom is 0.303 e. The largest absolute Gasteiger partial charge is 0.481 e. The summed E-state index contributed by atoms with van der Waals surface area (Å²) in [5.74, 6) is 0.221. The molecule has 2 aromatic carbocycles. The molecule has 1 heterocycles. The number of rotatable bonds is 12. The van der Waals surface area contributed by atoms with E-state index < -0.39 is 5.97 Å². The second kappa shape index (κ2) is 11.9. The number of carboxylic acid groups (broad SMARTS) is 1. The van der Waals surface area contributed by atoms with Crippen molar-refractivity contribution in [3.8, 4) is 0 Å². The van der Waals surface area contributed by atoms with Gasteiger partial charge in [-0.2, -0.15) is 11.8 Å². The summed E-state index contributed by atoms with van der Waals surface area (Å²) < 4.78 is 12.9. The molecule has 33 heavy (non-hydrogen) atoms. The molecular weight excluding hydrogens is 500 g/mol. The van der Waals surface area contributed by atoms with E-state index in [0.717, 1.165) is 61.8 Å². The zero-order valence-corrected chi connectivity index (χ0v) is 21.4. The maximum absolute atomic E-state index is 11.3. The lowest BCUT2D eigenvalue weighted by atomic mass is 10.0. The standard InChI is InChI=1S/C27H33BrO4S/c28-23-9-2-1-7-21(23)11-12-24(33-19-27(13-14-27)17-25(29)30)22-8-5-6-20(16-22)18-32-26-10-3-4-15-31-26/h1-2,5-9,16,24,26H,3-4,10-15,17-19H2,(H,29,30). The van der Waals surface area contributed by atoms with Crippen LogP contribution in [0.25, 0.3) is 0 Å². The van der Waals surface area contributed by atoms with Crippen LogP contribution in [0, 0.1) is 5.41 Å². The summed E-state index contributed by atoms with van der Waals surface area (Å²) in [5, 5.41) is 9.63. The van der Waals surface area contributed by atoms with E-state index in [1.54, 1.807) is 0 Å². The first kappa shape index (κ1) is 24.8. The molecule has 4 nitrogen and oxygen atoms in total. The van der Waals surface area contributed by atoms with Gasteiger partial charge in [-0.15, -0.1) is 0 Å². The summed E-state index contributed by atoms with van der Waals surface area (Å²) >= 11 is 5.60. The van der Waals surface area contributed by atoms with Crippen LogP contribution in [0.5, 0.6) is 0 Å². The van der Waals surface area contributed by atoms with Crippen LogP contribution in [-0.4, -0.2) is 29.7 Å². The number of ether oxygens (including phenoxy) is 2. The number of aliphatic carboxylic acids is 1. The Labute approximate surface area is 209 Å². The topological polar surface area (TPSA) is 55.8 Å². The maximum atomic E-state index is 11.3. The molecule has 1 aliphatic carbocycles. The van der Waals surface area contributed by atoms with Gasteiger partial charge in [0.25, 0.3) is 0 Å². The molecule has 1 aliphatic heterocycles. The Kier molecular flexibility index (Phi) is 8.91. The number of aryl methyl sites for hydroxylation is 1. The average Bonchev–Trinajstić information content (AvgIpc) is 3.58. The third-order valence-electron chi connectivity index (χ3n) is 6.60. The van der Waals surface area contributed by atoms with Crippen molar-refractivity contribution >= 4 is 33.7 Å². The molecule has 4 rings (SSSR count). The highest BCUT2D eigenvalue weighted by atomic mass is 79.9. The van der Waals surface area contributed by atoms with Gasteiger partial charge in [0.1, 0.15) is 0 Å². The van der Waals surface area contributed by atoms with Crippen LogP contribution >= 0.6 is 27.7 Å². The van der Waals surface area contributed by atoms with E-state index in [9.17, 15) is 9.90 Å². The van der Waals surface area contributed by atoms with Gasteiger partial charge in [0, 0.05) is 22.1 Å². The van der Waals surface area contributed by atoms with E-state index in [2.05, 4.69) is 58.4 Å². The number of carboxylic acids is 1. The number of hydrogen-bond acceptors (Lipinski definition) is 4. The van der Waals surface area contributed by atoms with E-state index in [1.807, 2.05) is 17.8 Å². The molecule has 2 fully saturated rings. The lowest BCUT2D eigenvalue weighted by molar-refractivity contribution is -0.168. The molecule has 2 aromatic rings. The second-order valence-electron chi connectivity index (χ2n) is 9.35. The van der Waals surface area contributed by atoms with Gasteiger partial charge in [0.05, 0.1) is 13.0 Å². The molecule has 6 heteroatoms. The van der Waals surface area contributed by atoms with Crippen molar-refractivity contribution in [2.75, 3.05) is 12.4 Å². The van der Waals surface area contributed by atoms with E-state index >= 15 is 0 Å². The predicted molar refractivity (Wildman–Crippen MR) is 136 cm³/mol. The molecular formula is C27H33BrO4S. The van der Waals surface area contributed by atoms with Crippen LogP contribution in [0.15, 0.2) is 53.0 Å². The molecule has 1 saturated heterocycles. The molecule has 2 unspecified atom stereocenters. The molecule has 178 valence electrons. The minimum atomic E-state index is -0.679. The number of carbonyl (C=O) groups is 1. The highest BCUT2D eigenvalue weighted by Gasteiger charge is 2.44. The van der Waals surface area contributed by atoms with Gasteiger partial charge < -0.3 is 14.6 Å². The van der Waals surface area contributed by atoms with Crippen molar-refractivity contribution in [2.45, 2.75) is 69.5 Å². The van der Waals surface area contributed by atoms with Gasteiger partial charge in [0.15, 0.2) is 6.29 Å². The lowest BCUT2D eigenvalue weighted by Gasteiger charge is -2.23. The Morgan fingerprint density at radius 2 is 2.06 bits per heavy atom. The van der Waals surface area contributed by atoms with E-state index in [0.29, 0.717) is 11.9 Å². The van der Waals surface area contributed by atoms with Crippen molar-refractivity contribution < 1.29 is 19.4 Å². The van der Waals surface area contributed by atoms with Crippen LogP contribution in [0.3, 0.4) is 0 Å². The molecule has 0 amide bonds.